The number of benzene rings is 1. The van der Waals surface area contributed by atoms with Crippen molar-refractivity contribution >= 4 is 39.9 Å². The molecule has 0 saturated carbocycles. The van der Waals surface area contributed by atoms with E-state index in [0.717, 1.165) is 29.1 Å². The molecule has 84 valence electrons. The first-order valence-electron chi connectivity index (χ1n) is 5.03. The molecular formula is C11H13N3S2. The second-order valence-corrected chi connectivity index (χ2v) is 4.48. The van der Waals surface area contributed by atoms with E-state index in [1.807, 2.05) is 41.5 Å². The molecule has 0 aromatic heterocycles. The predicted octanol–water partition coefficient (Wildman–Crippen LogP) is 2.42. The summed E-state index contributed by atoms with van der Waals surface area (Å²) in [5.74, 6) is 0. The third-order valence-electron chi connectivity index (χ3n) is 2.25. The number of aliphatic imine (C=N–C) groups is 1. The van der Waals surface area contributed by atoms with Gasteiger partial charge in [-0.3, -0.25) is 9.89 Å². The molecule has 1 aromatic rings. The second-order valence-electron chi connectivity index (χ2n) is 3.32. The fraction of sp³-hybridized carbons (Fsp3) is 0.273. The molecule has 2 rings (SSSR count). The molecule has 0 saturated heterocycles. The topological polar surface area (TPSA) is 27.6 Å². The Morgan fingerprint density at radius 3 is 2.88 bits per heavy atom. The first-order valence-corrected chi connectivity index (χ1v) is 6.66. The maximum atomic E-state index is 5.36. The van der Waals surface area contributed by atoms with E-state index in [4.69, 9.17) is 12.2 Å². The zero-order valence-electron chi connectivity index (χ0n) is 9.01. The first-order chi connectivity index (χ1) is 7.81. The fourth-order valence-electron chi connectivity index (χ4n) is 1.50. The number of nitrogens with zero attached hydrogens (tertiary/aromatic N) is 2. The molecule has 1 N–H and O–H groups in total. The number of rotatable bonds is 1. The maximum Gasteiger partial charge on any atom is 0.179 e. The van der Waals surface area contributed by atoms with Crippen LogP contribution in [0.1, 0.15) is 0 Å². The quantitative estimate of drug-likeness (QED) is 0.776. The normalized spacial score (nSPS) is 14.8. The Labute approximate surface area is 105 Å². The van der Waals surface area contributed by atoms with E-state index >= 15 is 0 Å². The number of nitrogens with one attached hydrogen (secondary N) is 1. The van der Waals surface area contributed by atoms with E-state index < -0.39 is 0 Å². The van der Waals surface area contributed by atoms with Gasteiger partial charge in [0.25, 0.3) is 0 Å². The van der Waals surface area contributed by atoms with Crippen molar-refractivity contribution in [3.63, 3.8) is 0 Å². The van der Waals surface area contributed by atoms with Crippen LogP contribution in [-0.4, -0.2) is 34.5 Å². The van der Waals surface area contributed by atoms with Crippen LogP contribution in [0.15, 0.2) is 35.3 Å². The molecule has 0 spiro atoms. The zero-order valence-corrected chi connectivity index (χ0v) is 10.6. The highest BCUT2D eigenvalue weighted by atomic mass is 32.2. The maximum absolute atomic E-state index is 5.36. The van der Waals surface area contributed by atoms with Crippen LogP contribution in [0.5, 0.6) is 0 Å². The smallest absolute Gasteiger partial charge is 0.179 e. The molecule has 0 bridgehead atoms. The number of thiocarbonyl (C=S) groups is 1. The van der Waals surface area contributed by atoms with Gasteiger partial charge in [-0.15, -0.1) is 0 Å². The van der Waals surface area contributed by atoms with Crippen LogP contribution >= 0.6 is 24.0 Å². The van der Waals surface area contributed by atoms with Crippen LogP contribution in [0.4, 0.5) is 5.69 Å². The van der Waals surface area contributed by atoms with Gasteiger partial charge in [0.05, 0.1) is 6.54 Å². The molecule has 1 heterocycles. The lowest BCUT2D eigenvalue weighted by Gasteiger charge is -2.20. The van der Waals surface area contributed by atoms with E-state index in [9.17, 15) is 0 Å². The predicted molar refractivity (Wildman–Crippen MR) is 75.2 cm³/mol. The summed E-state index contributed by atoms with van der Waals surface area (Å²) in [4.78, 5) is 6.41. The lowest BCUT2D eigenvalue weighted by atomic mass is 10.3. The highest BCUT2D eigenvalue weighted by Crippen LogP contribution is 2.14. The highest BCUT2D eigenvalue weighted by Gasteiger charge is 2.19. The van der Waals surface area contributed by atoms with E-state index in [2.05, 4.69) is 10.3 Å². The van der Waals surface area contributed by atoms with E-state index in [-0.39, 0.29) is 0 Å². The Kier molecular flexibility index (Phi) is 3.79. The van der Waals surface area contributed by atoms with Crippen LogP contribution in [0.2, 0.25) is 0 Å². The Hall–Kier alpha value is -1.07. The summed E-state index contributed by atoms with van der Waals surface area (Å²) in [5, 5.41) is 4.92. The van der Waals surface area contributed by atoms with Crippen LogP contribution in [0, 0.1) is 0 Å². The van der Waals surface area contributed by atoms with E-state index in [0.29, 0.717) is 0 Å². The molecule has 16 heavy (non-hydrogen) atoms. The van der Waals surface area contributed by atoms with Crippen molar-refractivity contribution in [2.24, 2.45) is 4.99 Å². The Balaban J connectivity index is 2.01. The lowest BCUT2D eigenvalue weighted by molar-refractivity contribution is 0.684. The molecule has 0 radical (unpaired) electrons. The van der Waals surface area contributed by atoms with Crippen molar-refractivity contribution < 1.29 is 0 Å². The standard InChI is InChI=1S/C11H13N3S2/c1-16-11-12-7-8-14(11)10(15)13-9-5-3-2-4-6-9/h2-6H,7-8H2,1H3,(H,13,15). The summed E-state index contributed by atoms with van der Waals surface area (Å²) in [6, 6.07) is 9.95. The summed E-state index contributed by atoms with van der Waals surface area (Å²) in [5.41, 5.74) is 1.01. The van der Waals surface area contributed by atoms with Gasteiger partial charge >= 0.3 is 0 Å². The minimum atomic E-state index is 0.719. The number of para-hydroxylation sites is 1. The summed E-state index contributed by atoms with van der Waals surface area (Å²) >= 11 is 6.99. The molecule has 0 fully saturated rings. The summed E-state index contributed by atoms with van der Waals surface area (Å²) in [7, 11) is 0. The molecule has 0 amide bonds. The number of hydrogen-bond acceptors (Lipinski definition) is 3. The third-order valence-corrected chi connectivity index (χ3v) is 3.29. The third kappa shape index (κ3) is 2.54. The summed E-state index contributed by atoms with van der Waals surface area (Å²) < 4.78 is 0. The van der Waals surface area contributed by atoms with Crippen molar-refractivity contribution in [1.82, 2.24) is 4.90 Å². The van der Waals surface area contributed by atoms with Crippen LogP contribution in [-0.2, 0) is 0 Å². The lowest BCUT2D eigenvalue weighted by Crippen LogP contribution is -2.36. The summed E-state index contributed by atoms with van der Waals surface area (Å²) in [6.07, 6.45) is 2.02. The van der Waals surface area contributed by atoms with Gasteiger partial charge in [-0.1, -0.05) is 30.0 Å². The van der Waals surface area contributed by atoms with Gasteiger partial charge in [0.2, 0.25) is 0 Å². The summed E-state index contributed by atoms with van der Waals surface area (Å²) in [6.45, 7) is 1.70. The van der Waals surface area contributed by atoms with E-state index in [1.165, 1.54) is 0 Å². The van der Waals surface area contributed by atoms with E-state index in [1.54, 1.807) is 11.8 Å². The molecule has 0 aliphatic carbocycles. The number of anilines is 1. The highest BCUT2D eigenvalue weighted by molar-refractivity contribution is 8.13. The van der Waals surface area contributed by atoms with Crippen molar-refractivity contribution in [3.8, 4) is 0 Å². The average molecular weight is 251 g/mol. The Bertz CT molecular complexity index is 403. The van der Waals surface area contributed by atoms with Crippen LogP contribution < -0.4 is 5.32 Å². The molecule has 5 heteroatoms. The zero-order chi connectivity index (χ0) is 11.4. The molecule has 1 aromatic carbocycles. The van der Waals surface area contributed by atoms with Crippen molar-refractivity contribution in [2.45, 2.75) is 0 Å². The van der Waals surface area contributed by atoms with Gasteiger partial charge in [0.1, 0.15) is 0 Å². The minimum Gasteiger partial charge on any atom is -0.332 e. The first kappa shape index (κ1) is 11.4. The number of hydrogen-bond donors (Lipinski definition) is 1. The van der Waals surface area contributed by atoms with Gasteiger partial charge in [-0.2, -0.15) is 0 Å². The Morgan fingerprint density at radius 1 is 1.44 bits per heavy atom. The largest absolute Gasteiger partial charge is 0.332 e. The molecule has 0 atom stereocenters. The van der Waals surface area contributed by atoms with Gasteiger partial charge in [-0.25, -0.2) is 0 Å². The van der Waals surface area contributed by atoms with Gasteiger partial charge in [0.15, 0.2) is 10.3 Å². The van der Waals surface area contributed by atoms with Gasteiger partial charge in [0, 0.05) is 12.2 Å². The van der Waals surface area contributed by atoms with Crippen molar-refractivity contribution in [1.29, 1.82) is 0 Å². The average Bonchev–Trinajstić information content (AvgIpc) is 2.78. The van der Waals surface area contributed by atoms with Crippen LogP contribution in [0.3, 0.4) is 0 Å². The molecular weight excluding hydrogens is 238 g/mol. The molecule has 3 nitrogen and oxygen atoms in total. The number of thioether (sulfide) groups is 1. The van der Waals surface area contributed by atoms with Gasteiger partial charge in [-0.05, 0) is 30.6 Å². The Morgan fingerprint density at radius 2 is 2.19 bits per heavy atom. The fourth-order valence-corrected chi connectivity index (χ4v) is 2.48. The van der Waals surface area contributed by atoms with Crippen molar-refractivity contribution in [2.75, 3.05) is 24.7 Å². The molecule has 0 unspecified atom stereocenters. The van der Waals surface area contributed by atoms with Gasteiger partial charge < -0.3 is 5.32 Å². The second kappa shape index (κ2) is 5.32. The van der Waals surface area contributed by atoms with Crippen LogP contribution in [0.25, 0.3) is 0 Å². The molecule has 1 aliphatic rings. The molecule has 1 aliphatic heterocycles. The monoisotopic (exact) mass is 251 g/mol. The number of amidine groups is 1. The van der Waals surface area contributed by atoms with Crippen molar-refractivity contribution in [3.05, 3.63) is 30.3 Å². The SMILES string of the molecule is CSC1=NCCN1C(=S)Nc1ccccc1. The minimum absolute atomic E-state index is 0.719.